The fourth-order valence-corrected chi connectivity index (χ4v) is 2.19. The molecule has 0 aliphatic heterocycles. The summed E-state index contributed by atoms with van der Waals surface area (Å²) in [5.74, 6) is 0.0410. The molecule has 0 aliphatic rings. The summed E-state index contributed by atoms with van der Waals surface area (Å²) in [7, 11) is 0. The third kappa shape index (κ3) is 2.32. The number of carbonyl (C=O) groups is 1. The summed E-state index contributed by atoms with van der Waals surface area (Å²) in [5.41, 5.74) is 0.995. The molecule has 0 saturated carbocycles. The second kappa shape index (κ2) is 4.95. The first-order valence-electron chi connectivity index (χ1n) is 5.88. The Kier molecular flexibility index (Phi) is 3.53. The highest BCUT2D eigenvalue weighted by atomic mass is 35.5. The van der Waals surface area contributed by atoms with Crippen molar-refractivity contribution in [3.05, 3.63) is 70.7 Å². The average Bonchev–Trinajstić information content (AvgIpc) is 2.39. The first-order chi connectivity index (χ1) is 8.53. The van der Waals surface area contributed by atoms with Gasteiger partial charge in [-0.2, -0.15) is 0 Å². The Hall–Kier alpha value is -1.60. The summed E-state index contributed by atoms with van der Waals surface area (Å²) in [6.07, 6.45) is 0. The van der Waals surface area contributed by atoms with Crippen LogP contribution in [0.1, 0.15) is 29.8 Å². The monoisotopic (exact) mass is 258 g/mol. The molecule has 0 N–H and O–H groups in total. The van der Waals surface area contributed by atoms with Crippen LogP contribution in [0.5, 0.6) is 0 Å². The molecule has 2 rings (SSSR count). The molecule has 1 nitrogen and oxygen atoms in total. The Morgan fingerprint density at radius 1 is 0.944 bits per heavy atom. The molecule has 0 heterocycles. The Labute approximate surface area is 112 Å². The summed E-state index contributed by atoms with van der Waals surface area (Å²) in [6.45, 7) is 3.85. The summed E-state index contributed by atoms with van der Waals surface area (Å²) in [4.78, 5) is 12.6. The highest BCUT2D eigenvalue weighted by Crippen LogP contribution is 2.30. The van der Waals surface area contributed by atoms with Crippen LogP contribution in [0, 0.1) is 0 Å². The topological polar surface area (TPSA) is 17.1 Å². The van der Waals surface area contributed by atoms with E-state index in [1.54, 1.807) is 12.1 Å². The van der Waals surface area contributed by atoms with Gasteiger partial charge in [0.2, 0.25) is 0 Å². The number of hydrogen-bond donors (Lipinski definition) is 0. The van der Waals surface area contributed by atoms with E-state index in [0.29, 0.717) is 10.6 Å². The van der Waals surface area contributed by atoms with Crippen LogP contribution in [0.2, 0.25) is 5.02 Å². The lowest BCUT2D eigenvalue weighted by atomic mass is 9.78. The van der Waals surface area contributed by atoms with Gasteiger partial charge in [-0.1, -0.05) is 54.1 Å². The predicted molar refractivity (Wildman–Crippen MR) is 75.3 cm³/mol. The molecular weight excluding hydrogens is 244 g/mol. The number of hydrogen-bond acceptors (Lipinski definition) is 1. The van der Waals surface area contributed by atoms with Crippen molar-refractivity contribution in [1.82, 2.24) is 0 Å². The van der Waals surface area contributed by atoms with E-state index in [4.69, 9.17) is 11.6 Å². The zero-order chi connectivity index (χ0) is 13.2. The molecule has 0 aliphatic carbocycles. The Balaban J connectivity index is 2.43. The quantitative estimate of drug-likeness (QED) is 0.741. The van der Waals surface area contributed by atoms with E-state index in [1.807, 2.05) is 56.3 Å². The second-order valence-electron chi connectivity index (χ2n) is 4.80. The summed E-state index contributed by atoms with van der Waals surface area (Å²) < 4.78 is 0. The van der Waals surface area contributed by atoms with Crippen LogP contribution in [0.3, 0.4) is 0 Å². The van der Waals surface area contributed by atoms with Crippen LogP contribution in [-0.4, -0.2) is 5.78 Å². The molecule has 0 atom stereocenters. The molecular formula is C16H15ClO. The van der Waals surface area contributed by atoms with Gasteiger partial charge in [-0.15, -0.1) is 0 Å². The summed E-state index contributed by atoms with van der Waals surface area (Å²) in [6, 6.07) is 16.9. The molecule has 2 aromatic rings. The number of halogens is 1. The van der Waals surface area contributed by atoms with E-state index in [2.05, 4.69) is 0 Å². The summed E-state index contributed by atoms with van der Waals surface area (Å²) >= 11 is 6.09. The van der Waals surface area contributed by atoms with Crippen LogP contribution >= 0.6 is 11.6 Å². The van der Waals surface area contributed by atoms with Crippen molar-refractivity contribution in [2.24, 2.45) is 0 Å². The third-order valence-corrected chi connectivity index (χ3v) is 3.51. The minimum absolute atomic E-state index is 0.0410. The summed E-state index contributed by atoms with van der Waals surface area (Å²) in [5, 5.41) is 0.506. The van der Waals surface area contributed by atoms with Gasteiger partial charge in [0.1, 0.15) is 0 Å². The first-order valence-corrected chi connectivity index (χ1v) is 6.26. The molecule has 0 amide bonds. The van der Waals surface area contributed by atoms with Gasteiger partial charge in [-0.25, -0.2) is 0 Å². The van der Waals surface area contributed by atoms with Gasteiger partial charge < -0.3 is 0 Å². The highest BCUT2D eigenvalue weighted by molar-refractivity contribution is 6.34. The van der Waals surface area contributed by atoms with Gasteiger partial charge in [0.25, 0.3) is 0 Å². The van der Waals surface area contributed by atoms with Crippen LogP contribution in [-0.2, 0) is 5.41 Å². The van der Waals surface area contributed by atoms with Crippen LogP contribution in [0.25, 0.3) is 0 Å². The lowest BCUT2D eigenvalue weighted by molar-refractivity contribution is 0.0909. The molecule has 0 radical (unpaired) electrons. The van der Waals surface area contributed by atoms with E-state index < -0.39 is 5.41 Å². The van der Waals surface area contributed by atoms with Crippen molar-refractivity contribution < 1.29 is 4.79 Å². The lowest BCUT2D eigenvalue weighted by Crippen LogP contribution is -2.29. The molecule has 0 saturated heterocycles. The van der Waals surface area contributed by atoms with Crippen LogP contribution in [0.4, 0.5) is 0 Å². The molecule has 0 aromatic heterocycles. The van der Waals surface area contributed by atoms with Crippen molar-refractivity contribution in [2.75, 3.05) is 0 Å². The zero-order valence-corrected chi connectivity index (χ0v) is 11.2. The number of Topliss-reactive ketones (excluding diaryl/α,β-unsaturated/α-hetero) is 1. The van der Waals surface area contributed by atoms with Crippen molar-refractivity contribution in [1.29, 1.82) is 0 Å². The standard InChI is InChI=1S/C16H15ClO/c1-16(2,12-8-4-3-5-9-12)15(18)13-10-6-7-11-14(13)17/h3-11H,1-2H3. The smallest absolute Gasteiger partial charge is 0.174 e. The van der Waals surface area contributed by atoms with E-state index in [9.17, 15) is 4.79 Å². The minimum Gasteiger partial charge on any atom is -0.293 e. The lowest BCUT2D eigenvalue weighted by Gasteiger charge is -2.24. The molecule has 18 heavy (non-hydrogen) atoms. The first kappa shape index (κ1) is 12.8. The maximum absolute atomic E-state index is 12.6. The highest BCUT2D eigenvalue weighted by Gasteiger charge is 2.31. The number of carbonyl (C=O) groups excluding carboxylic acids is 1. The largest absolute Gasteiger partial charge is 0.293 e. The van der Waals surface area contributed by atoms with Crippen molar-refractivity contribution in [2.45, 2.75) is 19.3 Å². The number of benzene rings is 2. The van der Waals surface area contributed by atoms with Crippen LogP contribution < -0.4 is 0 Å². The van der Waals surface area contributed by atoms with E-state index in [-0.39, 0.29) is 5.78 Å². The van der Waals surface area contributed by atoms with Gasteiger partial charge in [-0.3, -0.25) is 4.79 Å². The number of ketones is 1. The van der Waals surface area contributed by atoms with Crippen molar-refractivity contribution in [3.63, 3.8) is 0 Å². The van der Waals surface area contributed by atoms with Gasteiger partial charge in [0, 0.05) is 5.56 Å². The average molecular weight is 259 g/mol. The van der Waals surface area contributed by atoms with Gasteiger partial charge >= 0.3 is 0 Å². The molecule has 0 unspecified atom stereocenters. The molecule has 0 bridgehead atoms. The maximum atomic E-state index is 12.6. The predicted octanol–water partition coefficient (Wildman–Crippen LogP) is 4.50. The third-order valence-electron chi connectivity index (χ3n) is 3.18. The zero-order valence-electron chi connectivity index (χ0n) is 10.5. The molecule has 2 aromatic carbocycles. The minimum atomic E-state index is -0.577. The van der Waals surface area contributed by atoms with Gasteiger partial charge in [0.15, 0.2) is 5.78 Å². The fourth-order valence-electron chi connectivity index (χ4n) is 1.97. The Morgan fingerprint density at radius 3 is 2.11 bits per heavy atom. The van der Waals surface area contributed by atoms with E-state index in [0.717, 1.165) is 5.56 Å². The van der Waals surface area contributed by atoms with E-state index in [1.165, 1.54) is 0 Å². The molecule has 92 valence electrons. The SMILES string of the molecule is CC(C)(C(=O)c1ccccc1Cl)c1ccccc1. The normalized spacial score (nSPS) is 11.3. The molecule has 0 fully saturated rings. The van der Waals surface area contributed by atoms with E-state index >= 15 is 0 Å². The van der Waals surface area contributed by atoms with Crippen molar-refractivity contribution in [3.8, 4) is 0 Å². The van der Waals surface area contributed by atoms with Crippen molar-refractivity contribution >= 4 is 17.4 Å². The fraction of sp³-hybridized carbons (Fsp3) is 0.188. The van der Waals surface area contributed by atoms with Gasteiger partial charge in [0.05, 0.1) is 10.4 Å². The molecule has 2 heteroatoms. The van der Waals surface area contributed by atoms with Crippen LogP contribution in [0.15, 0.2) is 54.6 Å². The maximum Gasteiger partial charge on any atom is 0.174 e. The molecule has 0 spiro atoms. The Morgan fingerprint density at radius 2 is 1.50 bits per heavy atom. The number of rotatable bonds is 3. The second-order valence-corrected chi connectivity index (χ2v) is 5.21. The Bertz CT molecular complexity index is 558. The van der Waals surface area contributed by atoms with Gasteiger partial charge in [-0.05, 0) is 31.5 Å².